The van der Waals surface area contributed by atoms with Crippen LogP contribution in [0, 0.1) is 12.5 Å². The molecule has 0 spiro atoms. The minimum atomic E-state index is -1.38. The van der Waals surface area contributed by atoms with Crippen molar-refractivity contribution < 1.29 is 24.2 Å². The predicted molar refractivity (Wildman–Crippen MR) is 138 cm³/mol. The van der Waals surface area contributed by atoms with E-state index in [1.807, 2.05) is 30.3 Å². The van der Waals surface area contributed by atoms with Gasteiger partial charge in [0.2, 0.25) is 0 Å². The molecule has 186 valence electrons. The third kappa shape index (κ3) is 6.33. The molecule has 2 atom stereocenters. The first kappa shape index (κ1) is 26.1. The van der Waals surface area contributed by atoms with Gasteiger partial charge in [0.1, 0.15) is 17.4 Å². The quantitative estimate of drug-likeness (QED) is 0.349. The summed E-state index contributed by atoms with van der Waals surface area (Å²) in [6, 6.07) is 18.9. The number of para-hydroxylation sites is 1. The number of terminal acetylenes is 1. The molecule has 3 rings (SSSR count). The summed E-state index contributed by atoms with van der Waals surface area (Å²) >= 11 is 0. The average molecular weight is 488 g/mol. The van der Waals surface area contributed by atoms with Crippen LogP contribution in [-0.4, -0.2) is 39.6 Å². The summed E-state index contributed by atoms with van der Waals surface area (Å²) < 4.78 is 5.21. The largest absolute Gasteiger partial charge is 0.508 e. The molecule has 36 heavy (non-hydrogen) atoms. The van der Waals surface area contributed by atoms with Crippen LogP contribution in [-0.2, 0) is 14.3 Å². The number of aromatic hydroxyl groups is 1. The number of rotatable bonds is 6. The number of nitrogens with one attached hydrogen (secondary N) is 2. The van der Waals surface area contributed by atoms with Crippen molar-refractivity contribution in [1.82, 2.24) is 10.2 Å². The van der Waals surface area contributed by atoms with Gasteiger partial charge in [0, 0.05) is 17.3 Å². The maximum absolute atomic E-state index is 13.5. The number of benzene rings is 3. The second kappa shape index (κ2) is 10.8. The molecule has 3 aromatic carbocycles. The first-order valence-corrected chi connectivity index (χ1v) is 11.4. The van der Waals surface area contributed by atoms with E-state index in [1.165, 1.54) is 19.1 Å². The Morgan fingerprint density at radius 3 is 2.28 bits per heavy atom. The smallest absolute Gasteiger partial charge is 0.408 e. The average Bonchev–Trinajstić information content (AvgIpc) is 2.81. The Morgan fingerprint density at radius 2 is 1.64 bits per heavy atom. The molecule has 3 N–H and O–H groups in total. The zero-order valence-corrected chi connectivity index (χ0v) is 20.6. The van der Waals surface area contributed by atoms with E-state index in [9.17, 15) is 19.5 Å². The lowest BCUT2D eigenvalue weighted by atomic mass is 10.0. The highest BCUT2D eigenvalue weighted by Gasteiger charge is 2.35. The molecule has 0 aliphatic carbocycles. The molecule has 3 amide bonds. The lowest BCUT2D eigenvalue weighted by Crippen LogP contribution is -2.49. The normalized spacial score (nSPS) is 12.6. The summed E-state index contributed by atoms with van der Waals surface area (Å²) in [6.07, 6.45) is 4.88. The van der Waals surface area contributed by atoms with E-state index >= 15 is 0 Å². The van der Waals surface area contributed by atoms with Gasteiger partial charge in [-0.15, -0.1) is 0 Å². The lowest BCUT2D eigenvalue weighted by Gasteiger charge is -2.29. The molecule has 0 bridgehead atoms. The minimum absolute atomic E-state index is 0.131. The number of carbonyl (C=O) groups excluding carboxylic acids is 3. The van der Waals surface area contributed by atoms with Gasteiger partial charge in [0.15, 0.2) is 6.04 Å². The standard InChI is InChI=1S/C28H29N3O5/c1-6-31(26(34)18(2)29-27(35)36-28(3,4)5)24(22-13-9-10-14-23(22)32)25(33)30-21-16-15-19-11-7-8-12-20(19)17-21/h1,7-18,24,32H,2-5H3,(H,29,35)(H,30,33). The van der Waals surface area contributed by atoms with Crippen molar-refractivity contribution in [2.24, 2.45) is 0 Å². The summed E-state index contributed by atoms with van der Waals surface area (Å²) in [6.45, 7) is 6.51. The van der Waals surface area contributed by atoms with Gasteiger partial charge >= 0.3 is 6.09 Å². The number of carbonyl (C=O) groups is 3. The highest BCUT2D eigenvalue weighted by molar-refractivity contribution is 6.01. The predicted octanol–water partition coefficient (Wildman–Crippen LogP) is 4.56. The summed E-state index contributed by atoms with van der Waals surface area (Å²) in [5.41, 5.74) is -0.147. The number of hydrogen-bond donors (Lipinski definition) is 3. The van der Waals surface area contributed by atoms with Crippen LogP contribution in [0.1, 0.15) is 39.3 Å². The number of fused-ring (bicyclic) bond motifs is 1. The van der Waals surface area contributed by atoms with Gasteiger partial charge < -0.3 is 20.5 Å². The molecule has 3 aromatic rings. The highest BCUT2D eigenvalue weighted by atomic mass is 16.6. The van der Waals surface area contributed by atoms with Crippen LogP contribution in [0.3, 0.4) is 0 Å². The van der Waals surface area contributed by atoms with Crippen molar-refractivity contribution in [3.63, 3.8) is 0 Å². The Hall–Kier alpha value is -4.51. The molecule has 0 saturated heterocycles. The Bertz CT molecular complexity index is 1320. The first-order chi connectivity index (χ1) is 17.0. The second-order valence-corrected chi connectivity index (χ2v) is 9.22. The summed E-state index contributed by atoms with van der Waals surface area (Å²) in [5, 5.41) is 17.6. The third-order valence-electron chi connectivity index (χ3n) is 5.24. The zero-order chi connectivity index (χ0) is 26.5. The molecule has 0 aromatic heterocycles. The molecule has 2 unspecified atom stereocenters. The molecule has 0 radical (unpaired) electrons. The van der Waals surface area contributed by atoms with Crippen LogP contribution in [0.15, 0.2) is 66.7 Å². The maximum atomic E-state index is 13.5. The van der Waals surface area contributed by atoms with Gasteiger partial charge in [-0.2, -0.15) is 0 Å². The zero-order valence-electron chi connectivity index (χ0n) is 20.6. The minimum Gasteiger partial charge on any atom is -0.508 e. The molecular formula is C28H29N3O5. The molecule has 8 nitrogen and oxygen atoms in total. The number of nitrogens with zero attached hydrogens (tertiary/aromatic N) is 1. The molecule has 8 heteroatoms. The van der Waals surface area contributed by atoms with Crippen molar-refractivity contribution in [3.05, 3.63) is 72.3 Å². The summed E-state index contributed by atoms with van der Waals surface area (Å²) in [4.78, 5) is 39.8. The van der Waals surface area contributed by atoms with Gasteiger partial charge in [-0.1, -0.05) is 55.0 Å². The van der Waals surface area contributed by atoms with Crippen molar-refractivity contribution in [3.8, 4) is 18.2 Å². The van der Waals surface area contributed by atoms with E-state index in [0.717, 1.165) is 15.7 Å². The number of ether oxygens (including phenoxy) is 1. The summed E-state index contributed by atoms with van der Waals surface area (Å²) in [7, 11) is 0. The van der Waals surface area contributed by atoms with Crippen molar-refractivity contribution >= 4 is 34.4 Å². The summed E-state index contributed by atoms with van der Waals surface area (Å²) in [5.74, 6) is -1.58. The Kier molecular flexibility index (Phi) is 7.85. The fourth-order valence-electron chi connectivity index (χ4n) is 3.61. The number of hydrogen-bond acceptors (Lipinski definition) is 5. The Morgan fingerprint density at radius 1 is 1.00 bits per heavy atom. The molecular weight excluding hydrogens is 458 g/mol. The molecule has 0 heterocycles. The third-order valence-corrected chi connectivity index (χ3v) is 5.24. The van der Waals surface area contributed by atoms with E-state index in [2.05, 4.69) is 16.7 Å². The molecule has 0 aliphatic rings. The van der Waals surface area contributed by atoms with Gasteiger partial charge in [0.25, 0.3) is 11.8 Å². The number of phenolic OH excluding ortho intramolecular Hbond substituents is 1. The van der Waals surface area contributed by atoms with E-state index in [1.54, 1.807) is 45.0 Å². The van der Waals surface area contributed by atoms with E-state index in [-0.39, 0.29) is 11.3 Å². The topological polar surface area (TPSA) is 108 Å². The van der Waals surface area contributed by atoms with E-state index in [0.29, 0.717) is 5.69 Å². The monoisotopic (exact) mass is 487 g/mol. The van der Waals surface area contributed by atoms with Crippen molar-refractivity contribution in [1.29, 1.82) is 0 Å². The SMILES string of the molecule is C#CN(C(=O)C(C)NC(=O)OC(C)(C)C)C(C(=O)Nc1ccc2ccccc2c1)c1ccccc1O. The Labute approximate surface area is 210 Å². The van der Waals surface area contributed by atoms with Gasteiger partial charge in [-0.25, -0.2) is 4.79 Å². The van der Waals surface area contributed by atoms with Crippen LogP contribution in [0.5, 0.6) is 5.75 Å². The number of alkyl carbamates (subject to hydrolysis) is 1. The van der Waals surface area contributed by atoms with Crippen LogP contribution >= 0.6 is 0 Å². The van der Waals surface area contributed by atoms with Gasteiger partial charge in [0.05, 0.1) is 0 Å². The first-order valence-electron chi connectivity index (χ1n) is 11.4. The van der Waals surface area contributed by atoms with Crippen molar-refractivity contribution in [2.45, 2.75) is 45.4 Å². The van der Waals surface area contributed by atoms with Crippen LogP contribution in [0.4, 0.5) is 10.5 Å². The fraction of sp³-hybridized carbons (Fsp3) is 0.250. The van der Waals surface area contributed by atoms with E-state index < -0.39 is 35.6 Å². The van der Waals surface area contributed by atoms with E-state index in [4.69, 9.17) is 11.2 Å². The second-order valence-electron chi connectivity index (χ2n) is 9.22. The van der Waals surface area contributed by atoms with Crippen LogP contribution < -0.4 is 10.6 Å². The number of phenols is 1. The van der Waals surface area contributed by atoms with Gasteiger partial charge in [-0.05, 0) is 56.7 Å². The Balaban J connectivity index is 1.91. The van der Waals surface area contributed by atoms with Crippen LogP contribution in [0.2, 0.25) is 0 Å². The molecule has 0 aliphatic heterocycles. The molecule has 0 fully saturated rings. The number of amides is 3. The number of anilines is 1. The highest BCUT2D eigenvalue weighted by Crippen LogP contribution is 2.30. The van der Waals surface area contributed by atoms with Gasteiger partial charge in [-0.3, -0.25) is 14.5 Å². The van der Waals surface area contributed by atoms with Crippen LogP contribution in [0.25, 0.3) is 10.8 Å². The van der Waals surface area contributed by atoms with Crippen molar-refractivity contribution in [2.75, 3.05) is 5.32 Å². The lowest BCUT2D eigenvalue weighted by molar-refractivity contribution is -0.136. The maximum Gasteiger partial charge on any atom is 0.408 e. The molecule has 0 saturated carbocycles. The fourth-order valence-corrected chi connectivity index (χ4v) is 3.61.